The lowest BCUT2D eigenvalue weighted by atomic mass is 9.91. The van der Waals surface area contributed by atoms with Crippen molar-refractivity contribution in [2.45, 2.75) is 25.7 Å². The molecule has 0 saturated carbocycles. The van der Waals surface area contributed by atoms with Gasteiger partial charge in [0.1, 0.15) is 11.6 Å². The van der Waals surface area contributed by atoms with Gasteiger partial charge in [-0.2, -0.15) is 0 Å². The average Bonchev–Trinajstić information content (AvgIpc) is 3.28. The number of aromatic amines is 1. The molecule has 0 unspecified atom stereocenters. The molecule has 2 aromatic carbocycles. The summed E-state index contributed by atoms with van der Waals surface area (Å²) in [6.07, 6.45) is 7.17. The summed E-state index contributed by atoms with van der Waals surface area (Å²) in [5.74, 6) is 1.09. The van der Waals surface area contributed by atoms with Crippen molar-refractivity contribution < 1.29 is 9.18 Å². The molecule has 0 radical (unpaired) electrons. The summed E-state index contributed by atoms with van der Waals surface area (Å²) >= 11 is 0. The van der Waals surface area contributed by atoms with E-state index in [1.807, 2.05) is 41.3 Å². The number of benzene rings is 2. The first-order chi connectivity index (χ1) is 13.7. The third-order valence-corrected chi connectivity index (χ3v) is 5.47. The fourth-order valence-corrected chi connectivity index (χ4v) is 3.95. The molecular formula is C23H24FN3O. The lowest BCUT2D eigenvalue weighted by Crippen LogP contribution is -2.40. The first kappa shape index (κ1) is 18.4. The maximum Gasteiger partial charge on any atom is 0.253 e. The van der Waals surface area contributed by atoms with Gasteiger partial charge in [-0.05, 0) is 55.4 Å². The van der Waals surface area contributed by atoms with Crippen molar-refractivity contribution in [1.29, 1.82) is 0 Å². The standard InChI is InChI=1S/C23H24FN3O/c24-21-9-2-1-6-18(21)11-10-17-5-4-14-27(16-17)23(28)20-8-3-7-19(15-20)22-25-12-13-26-22/h1-3,6-9,12-13,15,17H,4-5,10-11,14,16H2,(H,25,26)/t17-/m0/s1. The van der Waals surface area contributed by atoms with E-state index in [0.717, 1.165) is 49.3 Å². The normalized spacial score (nSPS) is 16.9. The number of piperidine rings is 1. The van der Waals surface area contributed by atoms with E-state index in [-0.39, 0.29) is 11.7 Å². The number of H-pyrrole nitrogens is 1. The number of likely N-dealkylation sites (tertiary alicyclic amines) is 1. The zero-order valence-corrected chi connectivity index (χ0v) is 15.8. The predicted molar refractivity (Wildman–Crippen MR) is 107 cm³/mol. The van der Waals surface area contributed by atoms with E-state index >= 15 is 0 Å². The lowest BCUT2D eigenvalue weighted by molar-refractivity contribution is 0.0668. The highest BCUT2D eigenvalue weighted by atomic mass is 19.1. The van der Waals surface area contributed by atoms with Crippen LogP contribution in [0.15, 0.2) is 60.9 Å². The van der Waals surface area contributed by atoms with Crippen molar-refractivity contribution in [2.24, 2.45) is 5.92 Å². The van der Waals surface area contributed by atoms with Gasteiger partial charge >= 0.3 is 0 Å². The van der Waals surface area contributed by atoms with Gasteiger partial charge in [0.05, 0.1) is 0 Å². The largest absolute Gasteiger partial charge is 0.345 e. The molecule has 1 amide bonds. The number of hydrogen-bond donors (Lipinski definition) is 1. The molecule has 144 valence electrons. The highest BCUT2D eigenvalue weighted by molar-refractivity contribution is 5.95. The van der Waals surface area contributed by atoms with Crippen molar-refractivity contribution in [3.63, 3.8) is 0 Å². The zero-order chi connectivity index (χ0) is 19.3. The van der Waals surface area contributed by atoms with Gasteiger partial charge in [-0.1, -0.05) is 30.3 Å². The number of amides is 1. The highest BCUT2D eigenvalue weighted by Gasteiger charge is 2.24. The molecule has 1 aliphatic heterocycles. The Morgan fingerprint density at radius 1 is 1.21 bits per heavy atom. The second-order valence-corrected chi connectivity index (χ2v) is 7.41. The van der Waals surface area contributed by atoms with Crippen LogP contribution in [0.25, 0.3) is 11.4 Å². The smallest absolute Gasteiger partial charge is 0.253 e. The Balaban J connectivity index is 1.41. The van der Waals surface area contributed by atoms with E-state index in [9.17, 15) is 9.18 Å². The monoisotopic (exact) mass is 377 g/mol. The van der Waals surface area contributed by atoms with E-state index in [0.29, 0.717) is 17.9 Å². The Hall–Kier alpha value is -2.95. The molecule has 4 nitrogen and oxygen atoms in total. The molecule has 28 heavy (non-hydrogen) atoms. The van der Waals surface area contributed by atoms with Crippen LogP contribution in [0.3, 0.4) is 0 Å². The van der Waals surface area contributed by atoms with Crippen LogP contribution in [0.1, 0.15) is 35.2 Å². The van der Waals surface area contributed by atoms with E-state index in [1.165, 1.54) is 6.07 Å². The molecule has 2 heterocycles. The summed E-state index contributed by atoms with van der Waals surface area (Å²) in [5.41, 5.74) is 2.35. The number of rotatable bonds is 5. The molecule has 1 fully saturated rings. The molecule has 0 aliphatic carbocycles. The van der Waals surface area contributed by atoms with E-state index in [4.69, 9.17) is 0 Å². The molecule has 1 saturated heterocycles. The maximum atomic E-state index is 13.9. The second-order valence-electron chi connectivity index (χ2n) is 7.41. The van der Waals surface area contributed by atoms with Gasteiger partial charge in [0, 0.05) is 36.6 Å². The molecule has 0 bridgehead atoms. The first-order valence-electron chi connectivity index (χ1n) is 9.83. The molecule has 1 aromatic heterocycles. The van der Waals surface area contributed by atoms with Gasteiger partial charge in [-0.15, -0.1) is 0 Å². The van der Waals surface area contributed by atoms with Crippen LogP contribution in [0.4, 0.5) is 4.39 Å². The highest BCUT2D eigenvalue weighted by Crippen LogP contribution is 2.24. The van der Waals surface area contributed by atoms with Gasteiger partial charge in [0.2, 0.25) is 0 Å². The summed E-state index contributed by atoms with van der Waals surface area (Å²) in [4.78, 5) is 22.3. The Labute approximate surface area is 164 Å². The molecule has 1 atom stereocenters. The number of hydrogen-bond acceptors (Lipinski definition) is 2. The van der Waals surface area contributed by atoms with Crippen molar-refractivity contribution in [3.05, 3.63) is 77.9 Å². The second kappa shape index (κ2) is 8.38. The van der Waals surface area contributed by atoms with Crippen LogP contribution in [-0.4, -0.2) is 33.9 Å². The molecule has 5 heteroatoms. The third-order valence-electron chi connectivity index (χ3n) is 5.47. The van der Waals surface area contributed by atoms with E-state index in [1.54, 1.807) is 18.5 Å². The Morgan fingerprint density at radius 3 is 2.93 bits per heavy atom. The number of imidazole rings is 1. The summed E-state index contributed by atoms with van der Waals surface area (Å²) in [7, 11) is 0. The number of aromatic nitrogens is 2. The SMILES string of the molecule is O=C(c1cccc(-c2ncc[nH]2)c1)N1CCC[C@@H](CCc2ccccc2F)C1. The van der Waals surface area contributed by atoms with Crippen molar-refractivity contribution in [2.75, 3.05) is 13.1 Å². The minimum Gasteiger partial charge on any atom is -0.345 e. The van der Waals surface area contributed by atoms with E-state index < -0.39 is 0 Å². The lowest BCUT2D eigenvalue weighted by Gasteiger charge is -2.33. The average molecular weight is 377 g/mol. The summed E-state index contributed by atoms with van der Waals surface area (Å²) < 4.78 is 13.9. The molecular weight excluding hydrogens is 353 g/mol. The van der Waals surface area contributed by atoms with Crippen LogP contribution >= 0.6 is 0 Å². The minimum absolute atomic E-state index is 0.0593. The third kappa shape index (κ3) is 4.14. The fraction of sp³-hybridized carbons (Fsp3) is 0.304. The van der Waals surface area contributed by atoms with Crippen molar-refractivity contribution in [1.82, 2.24) is 14.9 Å². The Kier molecular flexibility index (Phi) is 5.51. The van der Waals surface area contributed by atoms with Crippen LogP contribution < -0.4 is 0 Å². The molecule has 1 N–H and O–H groups in total. The van der Waals surface area contributed by atoms with Crippen LogP contribution in [-0.2, 0) is 6.42 Å². The van der Waals surface area contributed by atoms with Gasteiger partial charge < -0.3 is 9.88 Å². The molecule has 4 rings (SSSR count). The van der Waals surface area contributed by atoms with Crippen LogP contribution in [0.5, 0.6) is 0 Å². The maximum absolute atomic E-state index is 13.9. The van der Waals surface area contributed by atoms with Gasteiger partial charge in [0.15, 0.2) is 0 Å². The number of nitrogens with zero attached hydrogens (tertiary/aromatic N) is 2. The quantitative estimate of drug-likeness (QED) is 0.701. The van der Waals surface area contributed by atoms with Crippen molar-refractivity contribution >= 4 is 5.91 Å². The number of halogens is 1. The van der Waals surface area contributed by atoms with Gasteiger partial charge in [-0.25, -0.2) is 9.37 Å². The fourth-order valence-electron chi connectivity index (χ4n) is 3.95. The molecule has 0 spiro atoms. The van der Waals surface area contributed by atoms with Gasteiger partial charge in [0.25, 0.3) is 5.91 Å². The Bertz CT molecular complexity index is 939. The first-order valence-corrected chi connectivity index (χ1v) is 9.83. The molecule has 1 aliphatic rings. The van der Waals surface area contributed by atoms with Crippen molar-refractivity contribution in [3.8, 4) is 11.4 Å². The van der Waals surface area contributed by atoms with Gasteiger partial charge in [-0.3, -0.25) is 4.79 Å². The molecule has 3 aromatic rings. The Morgan fingerprint density at radius 2 is 2.11 bits per heavy atom. The topological polar surface area (TPSA) is 49.0 Å². The zero-order valence-electron chi connectivity index (χ0n) is 15.8. The summed E-state index contributed by atoms with van der Waals surface area (Å²) in [6.45, 7) is 1.51. The number of carbonyl (C=O) groups excluding carboxylic acids is 1. The number of nitrogens with one attached hydrogen (secondary N) is 1. The minimum atomic E-state index is -0.138. The summed E-state index contributed by atoms with van der Waals surface area (Å²) in [5, 5.41) is 0. The number of carbonyl (C=O) groups is 1. The predicted octanol–water partition coefficient (Wildman–Crippen LogP) is 4.70. The van der Waals surface area contributed by atoms with Crippen LogP contribution in [0, 0.1) is 11.7 Å². The summed E-state index contributed by atoms with van der Waals surface area (Å²) in [6, 6.07) is 14.5. The van der Waals surface area contributed by atoms with E-state index in [2.05, 4.69) is 9.97 Å². The number of aryl methyl sites for hydroxylation is 1. The van der Waals surface area contributed by atoms with Crippen LogP contribution in [0.2, 0.25) is 0 Å².